The SMILES string of the molecule is Cc1nc(-c2ccc(COC(C)C)cc2)sc1C(=O)O. The van der Waals surface area contributed by atoms with Gasteiger partial charge in [-0.3, -0.25) is 0 Å². The highest BCUT2D eigenvalue weighted by atomic mass is 32.1. The first-order chi connectivity index (χ1) is 9.47. The number of aryl methyl sites for hydroxylation is 1. The van der Waals surface area contributed by atoms with E-state index in [9.17, 15) is 4.79 Å². The van der Waals surface area contributed by atoms with Gasteiger partial charge in [0.1, 0.15) is 9.88 Å². The van der Waals surface area contributed by atoms with Crippen LogP contribution in [0.1, 0.15) is 34.8 Å². The third-order valence-corrected chi connectivity index (χ3v) is 3.97. The number of nitrogens with zero attached hydrogens (tertiary/aromatic N) is 1. The molecule has 4 nitrogen and oxygen atoms in total. The number of carboxylic acid groups (broad SMARTS) is 1. The Balaban J connectivity index is 2.17. The minimum atomic E-state index is -0.923. The lowest BCUT2D eigenvalue weighted by Gasteiger charge is -2.07. The van der Waals surface area contributed by atoms with Crippen molar-refractivity contribution in [1.82, 2.24) is 4.98 Å². The molecule has 0 saturated heterocycles. The van der Waals surface area contributed by atoms with Crippen molar-refractivity contribution in [2.24, 2.45) is 0 Å². The highest BCUT2D eigenvalue weighted by Gasteiger charge is 2.14. The minimum Gasteiger partial charge on any atom is -0.477 e. The second kappa shape index (κ2) is 6.15. The Bertz CT molecular complexity index is 602. The van der Waals surface area contributed by atoms with Gasteiger partial charge in [-0.2, -0.15) is 0 Å². The van der Waals surface area contributed by atoms with Gasteiger partial charge in [0.25, 0.3) is 0 Å². The zero-order valence-corrected chi connectivity index (χ0v) is 12.5. The van der Waals surface area contributed by atoms with Crippen LogP contribution < -0.4 is 0 Å². The number of aromatic carboxylic acids is 1. The van der Waals surface area contributed by atoms with Gasteiger partial charge in [-0.1, -0.05) is 24.3 Å². The maximum absolute atomic E-state index is 11.0. The fraction of sp³-hybridized carbons (Fsp3) is 0.333. The van der Waals surface area contributed by atoms with E-state index in [4.69, 9.17) is 9.84 Å². The van der Waals surface area contributed by atoms with E-state index in [-0.39, 0.29) is 6.10 Å². The molecule has 0 amide bonds. The standard InChI is InChI=1S/C15H17NO3S/c1-9(2)19-8-11-4-6-12(7-5-11)14-16-10(3)13(20-14)15(17)18/h4-7,9H,8H2,1-3H3,(H,17,18). The Hall–Kier alpha value is -1.72. The molecule has 20 heavy (non-hydrogen) atoms. The minimum absolute atomic E-state index is 0.203. The van der Waals surface area contributed by atoms with Crippen LogP contribution in [0.3, 0.4) is 0 Å². The molecule has 1 N–H and O–H groups in total. The van der Waals surface area contributed by atoms with Gasteiger partial charge in [-0.25, -0.2) is 9.78 Å². The molecule has 1 aromatic heterocycles. The number of aromatic nitrogens is 1. The number of rotatable bonds is 5. The predicted octanol–water partition coefficient (Wildman–Crippen LogP) is 3.74. The number of carbonyl (C=O) groups is 1. The second-order valence-electron chi connectivity index (χ2n) is 4.80. The van der Waals surface area contributed by atoms with Gasteiger partial charge in [0.15, 0.2) is 0 Å². The number of hydrogen-bond donors (Lipinski definition) is 1. The average molecular weight is 291 g/mol. The summed E-state index contributed by atoms with van der Waals surface area (Å²) < 4.78 is 5.54. The summed E-state index contributed by atoms with van der Waals surface area (Å²) in [7, 11) is 0. The summed E-state index contributed by atoms with van der Waals surface area (Å²) in [5.74, 6) is -0.923. The number of hydrogen-bond acceptors (Lipinski definition) is 4. The monoisotopic (exact) mass is 291 g/mol. The Kier molecular flexibility index (Phi) is 4.52. The lowest BCUT2D eigenvalue weighted by atomic mass is 10.1. The topological polar surface area (TPSA) is 59.4 Å². The third-order valence-electron chi connectivity index (χ3n) is 2.78. The largest absolute Gasteiger partial charge is 0.477 e. The third kappa shape index (κ3) is 3.43. The molecule has 0 atom stereocenters. The van der Waals surface area contributed by atoms with Crippen LogP contribution in [-0.2, 0) is 11.3 Å². The van der Waals surface area contributed by atoms with E-state index in [1.807, 2.05) is 38.1 Å². The molecule has 0 radical (unpaired) electrons. The van der Waals surface area contributed by atoms with E-state index in [0.29, 0.717) is 17.2 Å². The summed E-state index contributed by atoms with van der Waals surface area (Å²) in [6.45, 7) is 6.30. The Morgan fingerprint density at radius 2 is 2.00 bits per heavy atom. The lowest BCUT2D eigenvalue weighted by molar-refractivity contribution is 0.0657. The van der Waals surface area contributed by atoms with Crippen LogP contribution in [0.4, 0.5) is 0 Å². The van der Waals surface area contributed by atoms with Crippen LogP contribution in [0.15, 0.2) is 24.3 Å². The van der Waals surface area contributed by atoms with Gasteiger partial charge in [0.05, 0.1) is 18.4 Å². The Morgan fingerprint density at radius 3 is 2.50 bits per heavy atom. The van der Waals surface area contributed by atoms with Gasteiger partial charge in [-0.05, 0) is 26.3 Å². The molecule has 0 aliphatic heterocycles. The van der Waals surface area contributed by atoms with Gasteiger partial charge < -0.3 is 9.84 Å². The van der Waals surface area contributed by atoms with Gasteiger partial charge in [0, 0.05) is 5.56 Å². The Morgan fingerprint density at radius 1 is 1.35 bits per heavy atom. The van der Waals surface area contributed by atoms with Crippen molar-refractivity contribution >= 4 is 17.3 Å². The summed E-state index contributed by atoms with van der Waals surface area (Å²) >= 11 is 1.20. The van der Waals surface area contributed by atoms with E-state index >= 15 is 0 Å². The zero-order valence-electron chi connectivity index (χ0n) is 11.7. The number of thiazole rings is 1. The first-order valence-corrected chi connectivity index (χ1v) is 7.20. The van der Waals surface area contributed by atoms with Crippen molar-refractivity contribution in [2.45, 2.75) is 33.5 Å². The second-order valence-corrected chi connectivity index (χ2v) is 5.79. The molecule has 2 rings (SSSR count). The van der Waals surface area contributed by atoms with Crippen LogP contribution in [0.2, 0.25) is 0 Å². The molecule has 0 aliphatic carbocycles. The van der Waals surface area contributed by atoms with E-state index < -0.39 is 5.97 Å². The fourth-order valence-electron chi connectivity index (χ4n) is 1.72. The number of benzene rings is 1. The first kappa shape index (κ1) is 14.7. The van der Waals surface area contributed by atoms with Crippen molar-refractivity contribution in [2.75, 3.05) is 0 Å². The molecule has 0 bridgehead atoms. The quantitative estimate of drug-likeness (QED) is 0.911. The normalized spacial score (nSPS) is 11.0. The smallest absolute Gasteiger partial charge is 0.347 e. The predicted molar refractivity (Wildman–Crippen MR) is 79.2 cm³/mol. The van der Waals surface area contributed by atoms with Crippen molar-refractivity contribution in [3.05, 3.63) is 40.4 Å². The molecule has 106 valence electrons. The first-order valence-electron chi connectivity index (χ1n) is 6.39. The van der Waals surface area contributed by atoms with Gasteiger partial charge in [0.2, 0.25) is 0 Å². The molecular formula is C15H17NO3S. The van der Waals surface area contributed by atoms with Crippen LogP contribution in [-0.4, -0.2) is 22.2 Å². The highest BCUT2D eigenvalue weighted by Crippen LogP contribution is 2.28. The van der Waals surface area contributed by atoms with Crippen LogP contribution >= 0.6 is 11.3 Å². The summed E-state index contributed by atoms with van der Waals surface area (Å²) in [6.07, 6.45) is 0.203. The lowest BCUT2D eigenvalue weighted by Crippen LogP contribution is -2.01. The summed E-state index contributed by atoms with van der Waals surface area (Å²) in [5.41, 5.74) is 2.58. The molecular weight excluding hydrogens is 274 g/mol. The molecule has 0 saturated carbocycles. The van der Waals surface area contributed by atoms with Crippen LogP contribution in [0.25, 0.3) is 10.6 Å². The molecule has 2 aromatic rings. The summed E-state index contributed by atoms with van der Waals surface area (Å²) in [6, 6.07) is 7.86. The van der Waals surface area contributed by atoms with E-state index in [0.717, 1.165) is 16.1 Å². The molecule has 0 unspecified atom stereocenters. The average Bonchev–Trinajstić information content (AvgIpc) is 2.79. The van der Waals surface area contributed by atoms with E-state index in [2.05, 4.69) is 4.98 Å². The highest BCUT2D eigenvalue weighted by molar-refractivity contribution is 7.17. The van der Waals surface area contributed by atoms with E-state index in [1.54, 1.807) is 6.92 Å². The molecule has 1 aromatic carbocycles. The molecule has 1 heterocycles. The molecule has 5 heteroatoms. The number of ether oxygens (including phenoxy) is 1. The number of carboxylic acids is 1. The maximum Gasteiger partial charge on any atom is 0.347 e. The molecule has 0 aliphatic rings. The van der Waals surface area contributed by atoms with Crippen LogP contribution in [0.5, 0.6) is 0 Å². The fourth-order valence-corrected chi connectivity index (χ4v) is 2.64. The van der Waals surface area contributed by atoms with Crippen molar-refractivity contribution < 1.29 is 14.6 Å². The summed E-state index contributed by atoms with van der Waals surface area (Å²) in [5, 5.41) is 9.78. The van der Waals surface area contributed by atoms with E-state index in [1.165, 1.54) is 11.3 Å². The van der Waals surface area contributed by atoms with Crippen LogP contribution in [0, 0.1) is 6.92 Å². The van der Waals surface area contributed by atoms with Crippen molar-refractivity contribution in [1.29, 1.82) is 0 Å². The maximum atomic E-state index is 11.0. The molecule has 0 fully saturated rings. The molecule has 0 spiro atoms. The Labute approximate surface area is 122 Å². The zero-order chi connectivity index (χ0) is 14.7. The van der Waals surface area contributed by atoms with Gasteiger partial charge in [-0.15, -0.1) is 11.3 Å². The van der Waals surface area contributed by atoms with Crippen molar-refractivity contribution in [3.63, 3.8) is 0 Å². The van der Waals surface area contributed by atoms with Gasteiger partial charge >= 0.3 is 5.97 Å². The summed E-state index contributed by atoms with van der Waals surface area (Å²) in [4.78, 5) is 15.6. The van der Waals surface area contributed by atoms with Crippen molar-refractivity contribution in [3.8, 4) is 10.6 Å².